The van der Waals surface area contributed by atoms with E-state index in [1.807, 2.05) is 36.5 Å². The fourth-order valence-electron chi connectivity index (χ4n) is 8.31. The third-order valence-electron chi connectivity index (χ3n) is 11.4. The van der Waals surface area contributed by atoms with Crippen LogP contribution in [-0.4, -0.2) is 41.6 Å². The Bertz CT molecular complexity index is 2480. The van der Waals surface area contributed by atoms with Gasteiger partial charge in [-0.15, -0.1) is 22.7 Å². The Morgan fingerprint density at radius 1 is 0.814 bits per heavy atom. The van der Waals surface area contributed by atoms with Gasteiger partial charge in [-0.2, -0.15) is 0 Å². The molecule has 0 spiro atoms. The Labute approximate surface area is 357 Å². The van der Waals surface area contributed by atoms with Crippen molar-refractivity contribution in [2.75, 3.05) is 37.2 Å². The number of nitrogens with two attached hydrogens (primary N) is 2. The summed E-state index contributed by atoms with van der Waals surface area (Å²) in [7, 11) is 0. The fraction of sp³-hybridized carbons (Fsp3) is 0.388. The summed E-state index contributed by atoms with van der Waals surface area (Å²) in [6.07, 6.45) is 12.8. The maximum Gasteiger partial charge on any atom is 0.261 e. The molecular weight excluding hydrogens is 767 g/mol. The van der Waals surface area contributed by atoms with Crippen LogP contribution in [0.25, 0.3) is 42.5 Å². The van der Waals surface area contributed by atoms with Crippen molar-refractivity contribution in [1.29, 1.82) is 0 Å². The quantitative estimate of drug-likeness (QED) is 0.0654. The second-order valence-electron chi connectivity index (χ2n) is 16.0. The van der Waals surface area contributed by atoms with Crippen molar-refractivity contribution in [1.82, 2.24) is 20.2 Å². The second kappa shape index (κ2) is 20.5. The summed E-state index contributed by atoms with van der Waals surface area (Å²) in [5.74, 6) is -0.410. The molecule has 7 N–H and O–H groups in total. The van der Waals surface area contributed by atoms with Crippen LogP contribution in [0.2, 0.25) is 0 Å². The van der Waals surface area contributed by atoms with E-state index in [2.05, 4.69) is 99.3 Å². The summed E-state index contributed by atoms with van der Waals surface area (Å²) in [5, 5.41) is 16.2. The zero-order valence-electron chi connectivity index (χ0n) is 35.1. The number of carbonyl (C=O) groups excluding carboxylic acids is 1. The topological polar surface area (TPSA) is 123 Å². The molecule has 10 heteroatoms. The second-order valence-corrected chi connectivity index (χ2v) is 17.9. The van der Waals surface area contributed by atoms with Gasteiger partial charge >= 0.3 is 0 Å². The molecule has 0 radical (unpaired) electrons. The number of nitrogen functional groups attached to an aromatic ring is 1. The third kappa shape index (κ3) is 10.7. The van der Waals surface area contributed by atoms with Crippen molar-refractivity contribution in [3.05, 3.63) is 111 Å². The van der Waals surface area contributed by atoms with E-state index in [-0.39, 0.29) is 0 Å². The molecule has 1 saturated heterocycles. The van der Waals surface area contributed by atoms with Crippen LogP contribution >= 0.6 is 22.7 Å². The van der Waals surface area contributed by atoms with Gasteiger partial charge in [0.05, 0.1) is 5.69 Å². The Balaban J connectivity index is 0.000000239. The zero-order chi connectivity index (χ0) is 41.1. The average molecular weight is 828 g/mol. The van der Waals surface area contributed by atoms with Gasteiger partial charge in [0.15, 0.2) is 0 Å². The third-order valence-corrected chi connectivity index (χ3v) is 13.6. The van der Waals surface area contributed by atoms with Gasteiger partial charge in [-0.1, -0.05) is 37.1 Å². The monoisotopic (exact) mass is 827 g/mol. The summed E-state index contributed by atoms with van der Waals surface area (Å²) in [4.78, 5) is 19.3. The predicted molar refractivity (Wildman–Crippen MR) is 254 cm³/mol. The number of nitrogens with zero attached hydrogens (tertiary/aromatic N) is 2. The number of carbonyl (C=O) groups is 1. The highest BCUT2D eigenvalue weighted by Gasteiger charge is 2.17. The van der Waals surface area contributed by atoms with Crippen molar-refractivity contribution >= 4 is 72.0 Å². The van der Waals surface area contributed by atoms with Crippen molar-refractivity contribution < 1.29 is 4.79 Å². The largest absolute Gasteiger partial charge is 0.399 e. The number of hydrogen-bond donors (Lipinski definition) is 5. The van der Waals surface area contributed by atoms with Gasteiger partial charge in [0.1, 0.15) is 9.71 Å². The minimum absolute atomic E-state index is 0.410. The normalized spacial score (nSPS) is 13.9. The Morgan fingerprint density at radius 2 is 1.59 bits per heavy atom. The first kappa shape index (κ1) is 42.4. The number of aromatic nitrogens is 2. The Kier molecular flexibility index (Phi) is 14.7. The van der Waals surface area contributed by atoms with E-state index in [1.165, 1.54) is 130 Å². The van der Waals surface area contributed by atoms with E-state index < -0.39 is 5.91 Å². The number of fused-ring (bicyclic) bond motifs is 5. The molecule has 1 aliphatic heterocycles. The molecule has 1 amide bonds. The number of rotatable bonds is 11. The van der Waals surface area contributed by atoms with E-state index >= 15 is 0 Å². The van der Waals surface area contributed by atoms with Crippen LogP contribution in [0.3, 0.4) is 0 Å². The average Bonchev–Trinajstić information content (AvgIpc) is 3.83. The first-order valence-corrected chi connectivity index (χ1v) is 23.3. The molecule has 310 valence electrons. The van der Waals surface area contributed by atoms with Crippen LogP contribution in [0.1, 0.15) is 95.9 Å². The minimum atomic E-state index is -0.410. The fourth-order valence-corrected chi connectivity index (χ4v) is 10.3. The number of pyridine rings is 1. The predicted octanol–water partition coefficient (Wildman–Crippen LogP) is 11.1. The van der Waals surface area contributed by atoms with E-state index in [9.17, 15) is 4.79 Å². The highest BCUT2D eigenvalue weighted by Crippen LogP contribution is 2.36. The van der Waals surface area contributed by atoms with Crippen molar-refractivity contribution in [3.63, 3.8) is 0 Å². The highest BCUT2D eigenvalue weighted by molar-refractivity contribution is 7.21. The van der Waals surface area contributed by atoms with Gasteiger partial charge in [0, 0.05) is 63.1 Å². The van der Waals surface area contributed by atoms with Crippen LogP contribution < -0.4 is 27.4 Å². The van der Waals surface area contributed by atoms with Crippen LogP contribution in [0.15, 0.2) is 78.2 Å². The van der Waals surface area contributed by atoms with Gasteiger partial charge < -0.3 is 32.0 Å². The van der Waals surface area contributed by atoms with E-state index in [0.29, 0.717) is 4.88 Å². The Hall–Kier alpha value is -4.74. The molecule has 4 aromatic heterocycles. The van der Waals surface area contributed by atoms with Crippen LogP contribution in [0.4, 0.5) is 11.4 Å². The van der Waals surface area contributed by atoms with Crippen molar-refractivity contribution in [3.8, 4) is 10.4 Å². The van der Waals surface area contributed by atoms with E-state index in [4.69, 9.17) is 11.5 Å². The molecule has 1 aliphatic carbocycles. The summed E-state index contributed by atoms with van der Waals surface area (Å²) in [5.41, 5.74) is 23.4. The van der Waals surface area contributed by atoms with E-state index in [1.54, 1.807) is 0 Å². The molecular formula is C49H61N7OS2. The molecule has 9 rings (SSSR count). The summed E-state index contributed by atoms with van der Waals surface area (Å²) in [6.45, 7) is 12.3. The zero-order valence-corrected chi connectivity index (χ0v) is 36.7. The molecule has 5 heterocycles. The lowest BCUT2D eigenvalue weighted by molar-refractivity contribution is 0.100. The smallest absolute Gasteiger partial charge is 0.261 e. The minimum Gasteiger partial charge on any atom is -0.399 e. The van der Waals surface area contributed by atoms with Gasteiger partial charge in [0.2, 0.25) is 0 Å². The maximum absolute atomic E-state index is 12.0. The first-order chi connectivity index (χ1) is 28.8. The molecule has 1 fully saturated rings. The number of benzene rings is 3. The molecule has 0 unspecified atom stereocenters. The number of nitrogens with one attached hydrogen (secondary N) is 3. The molecule has 59 heavy (non-hydrogen) atoms. The number of anilines is 2. The van der Waals surface area contributed by atoms with Crippen LogP contribution in [0, 0.1) is 13.8 Å². The number of thiophene rings is 2. The standard InChI is InChI=1S/C33H35N5OS2.C10H13N.C6H13N/c1-4-38-27-12-8-22(16-26(27)24-11-9-23(17-28(24)38)29-15-20(2)19-40-29)18-35-13-5-6-14-36-30-25-10-7-21(3)37-33(25)41-31(30)32(34)39;11-10-6-5-8-3-1-2-4-9(8)7-10;1-2-4-6-7-5-3-1/h7-12,15-17,19,35-36H,4-6,13-14,18H2,1-3H3,(H2,34,39);5-7H,1-4,11H2;7H,1-6H2. The van der Waals surface area contributed by atoms with Crippen molar-refractivity contribution in [2.24, 2.45) is 5.73 Å². The van der Waals surface area contributed by atoms with Gasteiger partial charge in [0.25, 0.3) is 5.91 Å². The van der Waals surface area contributed by atoms with Gasteiger partial charge in [-0.3, -0.25) is 4.79 Å². The number of aryl methyl sites for hydroxylation is 5. The number of amides is 1. The molecule has 2 aliphatic rings. The molecule has 0 bridgehead atoms. The highest BCUT2D eigenvalue weighted by atomic mass is 32.1. The van der Waals surface area contributed by atoms with Crippen LogP contribution in [0.5, 0.6) is 0 Å². The number of hydrogen-bond acceptors (Lipinski definition) is 8. The molecule has 7 aromatic rings. The maximum atomic E-state index is 12.0. The molecule has 0 atom stereocenters. The number of unbranched alkanes of at least 4 members (excludes halogenated alkanes) is 1. The molecule has 0 saturated carbocycles. The van der Waals surface area contributed by atoms with Gasteiger partial charge in [-0.25, -0.2) is 4.98 Å². The SMILES string of the molecule is C1CCCNCC1.CCn1c2ccc(CNCCCCNc3c(C(N)=O)sc4nc(C)ccc34)cc2c2ccc(-c3cc(C)cs3)cc21.Nc1ccc2c(c1)CCCC2. The summed E-state index contributed by atoms with van der Waals surface area (Å²) < 4.78 is 2.43. The Morgan fingerprint density at radius 3 is 2.36 bits per heavy atom. The van der Waals surface area contributed by atoms with Crippen molar-refractivity contribution in [2.45, 2.75) is 98.1 Å². The first-order valence-electron chi connectivity index (χ1n) is 21.6. The lowest BCUT2D eigenvalue weighted by Crippen LogP contribution is -2.16. The van der Waals surface area contributed by atoms with E-state index in [0.717, 1.165) is 66.3 Å². The lowest BCUT2D eigenvalue weighted by atomic mass is 9.91. The summed E-state index contributed by atoms with van der Waals surface area (Å²) in [6, 6.07) is 26.3. The van der Waals surface area contributed by atoms with Gasteiger partial charge in [-0.05, 0) is 174 Å². The molecule has 8 nitrogen and oxygen atoms in total. The molecule has 3 aromatic carbocycles. The number of primary amides is 1. The lowest BCUT2D eigenvalue weighted by Gasteiger charge is -2.15. The summed E-state index contributed by atoms with van der Waals surface area (Å²) >= 11 is 3.17. The van der Waals surface area contributed by atoms with Crippen LogP contribution in [-0.2, 0) is 25.9 Å².